The lowest BCUT2D eigenvalue weighted by molar-refractivity contribution is -0.115. The number of amides is 1. The Morgan fingerprint density at radius 2 is 1.78 bits per heavy atom. The Morgan fingerprint density at radius 1 is 1.03 bits per heavy atom. The predicted octanol–water partition coefficient (Wildman–Crippen LogP) is 8.17. The van der Waals surface area contributed by atoms with E-state index in [4.69, 9.17) is 0 Å². The van der Waals surface area contributed by atoms with Crippen molar-refractivity contribution >= 4 is 46.9 Å². The molecule has 6 heteroatoms. The van der Waals surface area contributed by atoms with Crippen molar-refractivity contribution in [2.45, 2.75) is 80.9 Å². The molecule has 0 spiro atoms. The Kier molecular flexibility index (Phi) is 12.7. The third kappa shape index (κ3) is 8.68. The van der Waals surface area contributed by atoms with Crippen molar-refractivity contribution in [3.8, 4) is 0 Å². The summed E-state index contributed by atoms with van der Waals surface area (Å²) in [6.07, 6.45) is 12.1. The van der Waals surface area contributed by atoms with Gasteiger partial charge in [-0.1, -0.05) is 63.8 Å². The zero-order chi connectivity index (χ0) is 23.3. The molecule has 1 aromatic carbocycles. The van der Waals surface area contributed by atoms with Gasteiger partial charge in [-0.3, -0.25) is 4.79 Å². The van der Waals surface area contributed by atoms with Crippen molar-refractivity contribution in [2.24, 2.45) is 0 Å². The highest BCUT2D eigenvalue weighted by atomic mass is 32.2. The van der Waals surface area contributed by atoms with Crippen LogP contribution in [0.15, 0.2) is 40.3 Å². The van der Waals surface area contributed by atoms with Gasteiger partial charge in [-0.2, -0.15) is 11.8 Å². The Morgan fingerprint density at radius 3 is 2.41 bits per heavy atom. The Bertz CT molecular complexity index is 814. The number of nitrogens with one attached hydrogen (secondary N) is 1. The summed E-state index contributed by atoms with van der Waals surface area (Å²) in [5, 5.41) is 4.54. The van der Waals surface area contributed by atoms with Crippen LogP contribution in [0.5, 0.6) is 0 Å². The molecule has 0 aliphatic heterocycles. The summed E-state index contributed by atoms with van der Waals surface area (Å²) in [5.74, 6) is 1.24. The highest BCUT2D eigenvalue weighted by molar-refractivity contribution is 7.99. The van der Waals surface area contributed by atoms with Crippen LogP contribution in [0, 0.1) is 6.92 Å². The lowest BCUT2D eigenvalue weighted by atomic mass is 10.0. The second-order valence-electron chi connectivity index (χ2n) is 8.03. The van der Waals surface area contributed by atoms with Gasteiger partial charge in [0.25, 0.3) is 0 Å². The Balaban J connectivity index is 2.00. The van der Waals surface area contributed by atoms with Crippen molar-refractivity contribution in [2.75, 3.05) is 23.6 Å². The fourth-order valence-corrected chi connectivity index (χ4v) is 6.33. The normalized spacial score (nSPS) is 12.0. The monoisotopic (exact) mass is 490 g/mol. The number of aryl methyl sites for hydroxylation is 1. The van der Waals surface area contributed by atoms with E-state index in [9.17, 15) is 4.79 Å². The number of hydrogen-bond donors (Lipinski definition) is 1. The van der Waals surface area contributed by atoms with Gasteiger partial charge in [0.05, 0.1) is 12.1 Å². The number of thioether (sulfide) groups is 3. The minimum absolute atomic E-state index is 0.00408. The fourth-order valence-electron chi connectivity index (χ4n) is 3.62. The largest absolute Gasteiger partial charge is 0.323 e. The molecular formula is C26H38N2OS3. The number of anilines is 1. The quantitative estimate of drug-likeness (QED) is 0.214. The molecule has 1 heterocycles. The summed E-state index contributed by atoms with van der Waals surface area (Å²) >= 11 is 5.29. The molecule has 2 rings (SSSR count). The van der Waals surface area contributed by atoms with Gasteiger partial charge >= 0.3 is 0 Å². The van der Waals surface area contributed by atoms with Crippen LogP contribution in [0.4, 0.5) is 5.69 Å². The molecule has 1 atom stereocenters. The molecule has 0 saturated carbocycles. The van der Waals surface area contributed by atoms with Crippen molar-refractivity contribution in [3.63, 3.8) is 0 Å². The number of rotatable bonds is 14. The molecule has 1 amide bonds. The summed E-state index contributed by atoms with van der Waals surface area (Å²) in [6, 6.07) is 10.7. The average Bonchev–Trinajstić information content (AvgIpc) is 2.79. The van der Waals surface area contributed by atoms with Crippen molar-refractivity contribution in [1.82, 2.24) is 4.98 Å². The van der Waals surface area contributed by atoms with E-state index in [-0.39, 0.29) is 5.91 Å². The average molecular weight is 491 g/mol. The van der Waals surface area contributed by atoms with Crippen molar-refractivity contribution < 1.29 is 4.79 Å². The van der Waals surface area contributed by atoms with E-state index >= 15 is 0 Å². The zero-order valence-corrected chi connectivity index (χ0v) is 22.7. The van der Waals surface area contributed by atoms with E-state index in [1.54, 1.807) is 23.5 Å². The first-order chi connectivity index (χ1) is 15.5. The Labute approximate surface area is 207 Å². The van der Waals surface area contributed by atoms with Crippen LogP contribution in [0.25, 0.3) is 0 Å². The number of unbranched alkanes of at least 4 members (excludes halogenated alkanes) is 3. The summed E-state index contributed by atoms with van der Waals surface area (Å²) in [5.41, 5.74) is 4.23. The topological polar surface area (TPSA) is 42.0 Å². The summed E-state index contributed by atoms with van der Waals surface area (Å²) in [4.78, 5) is 18.4. The highest BCUT2D eigenvalue weighted by Gasteiger charge is 2.15. The molecule has 0 radical (unpaired) electrons. The van der Waals surface area contributed by atoms with Crippen LogP contribution >= 0.6 is 35.3 Å². The van der Waals surface area contributed by atoms with Gasteiger partial charge in [-0.25, -0.2) is 4.98 Å². The first-order valence-corrected chi connectivity index (χ1v) is 15.1. The molecule has 176 valence electrons. The van der Waals surface area contributed by atoms with E-state index < -0.39 is 0 Å². The third-order valence-corrected chi connectivity index (χ3v) is 8.22. The number of carbonyl (C=O) groups excluding carboxylic acids is 1. The number of nitrogens with zero attached hydrogens (tertiary/aromatic N) is 1. The molecule has 0 fully saturated rings. The molecule has 0 bridgehead atoms. The van der Waals surface area contributed by atoms with Gasteiger partial charge in [-0.15, -0.1) is 23.5 Å². The van der Waals surface area contributed by atoms with Crippen LogP contribution in [-0.2, 0) is 11.2 Å². The SMILES string of the molecule is CCCCCCSC(CCC)c1ccc(CC(=O)Nc2c(SC)cc(C)nc2SC)cc1. The van der Waals surface area contributed by atoms with Crippen LogP contribution < -0.4 is 5.32 Å². The summed E-state index contributed by atoms with van der Waals surface area (Å²) in [6.45, 7) is 6.51. The number of carbonyl (C=O) groups is 1. The summed E-state index contributed by atoms with van der Waals surface area (Å²) < 4.78 is 0. The molecule has 3 nitrogen and oxygen atoms in total. The maximum Gasteiger partial charge on any atom is 0.228 e. The number of hydrogen-bond acceptors (Lipinski definition) is 5. The van der Waals surface area contributed by atoms with Gasteiger partial charge < -0.3 is 5.32 Å². The second kappa shape index (κ2) is 14.9. The van der Waals surface area contributed by atoms with E-state index in [0.29, 0.717) is 11.7 Å². The van der Waals surface area contributed by atoms with Gasteiger partial charge in [-0.05, 0) is 55.2 Å². The molecule has 1 N–H and O–H groups in total. The van der Waals surface area contributed by atoms with E-state index in [1.807, 2.05) is 25.5 Å². The molecule has 1 aromatic heterocycles. The molecule has 1 unspecified atom stereocenters. The molecule has 32 heavy (non-hydrogen) atoms. The minimum Gasteiger partial charge on any atom is -0.323 e. The zero-order valence-electron chi connectivity index (χ0n) is 20.2. The smallest absolute Gasteiger partial charge is 0.228 e. The Hall–Kier alpha value is -1.11. The molecule has 0 saturated heterocycles. The third-order valence-electron chi connectivity index (χ3n) is 5.34. The molecular weight excluding hydrogens is 453 g/mol. The highest BCUT2D eigenvalue weighted by Crippen LogP contribution is 2.35. The van der Waals surface area contributed by atoms with Crippen LogP contribution in [0.3, 0.4) is 0 Å². The van der Waals surface area contributed by atoms with E-state index in [1.165, 1.54) is 49.8 Å². The fraction of sp³-hybridized carbons (Fsp3) is 0.538. The van der Waals surface area contributed by atoms with Crippen LogP contribution in [-0.4, -0.2) is 29.2 Å². The van der Waals surface area contributed by atoms with Crippen LogP contribution in [0.2, 0.25) is 0 Å². The van der Waals surface area contributed by atoms with E-state index in [2.05, 4.69) is 60.2 Å². The summed E-state index contributed by atoms with van der Waals surface area (Å²) in [7, 11) is 0. The van der Waals surface area contributed by atoms with Crippen molar-refractivity contribution in [3.05, 3.63) is 47.2 Å². The molecule has 0 aliphatic carbocycles. The van der Waals surface area contributed by atoms with Crippen molar-refractivity contribution in [1.29, 1.82) is 0 Å². The minimum atomic E-state index is 0.00408. The standard InChI is InChI=1S/C26H38N2OS3/c1-6-8-9-10-16-32-22(11-7-2)21-14-12-20(13-15-21)18-24(29)28-25-23(30-4)17-19(3)27-26(25)31-5/h12-15,17,22H,6-11,16,18H2,1-5H3,(H,28,29). The lowest BCUT2D eigenvalue weighted by Gasteiger charge is -2.17. The molecule has 2 aromatic rings. The van der Waals surface area contributed by atoms with E-state index in [0.717, 1.165) is 26.9 Å². The first kappa shape index (κ1) is 27.1. The molecule has 0 aliphatic rings. The number of aromatic nitrogens is 1. The first-order valence-electron chi connectivity index (χ1n) is 11.6. The van der Waals surface area contributed by atoms with Crippen LogP contribution in [0.1, 0.15) is 74.4 Å². The van der Waals surface area contributed by atoms with Gasteiger partial charge in [0.15, 0.2) is 0 Å². The predicted molar refractivity (Wildman–Crippen MR) is 146 cm³/mol. The number of benzene rings is 1. The van der Waals surface area contributed by atoms with Gasteiger partial charge in [0.2, 0.25) is 5.91 Å². The number of pyridine rings is 1. The van der Waals surface area contributed by atoms with Gasteiger partial charge in [0, 0.05) is 15.8 Å². The van der Waals surface area contributed by atoms with Gasteiger partial charge in [0.1, 0.15) is 5.03 Å². The lowest BCUT2D eigenvalue weighted by Crippen LogP contribution is -2.16. The maximum atomic E-state index is 12.8. The second-order valence-corrected chi connectivity index (χ2v) is 11.0. The maximum absolute atomic E-state index is 12.8.